The molecular weight excluding hydrogens is 641 g/mol. The van der Waals surface area contributed by atoms with Crippen LogP contribution in [0, 0.1) is 13.8 Å². The second kappa shape index (κ2) is 15.6. The molecule has 4 aromatic rings. The quantitative estimate of drug-likeness (QED) is 0.160. The zero-order valence-electron chi connectivity index (χ0n) is 26.4. The van der Waals surface area contributed by atoms with Crippen molar-refractivity contribution in [3.8, 4) is 0 Å². The van der Waals surface area contributed by atoms with Crippen molar-refractivity contribution in [2.75, 3.05) is 10.8 Å². The number of carbonyl (C=O) groups is 2. The molecule has 0 aliphatic carbocycles. The van der Waals surface area contributed by atoms with Crippen LogP contribution in [0.4, 0.5) is 5.69 Å². The Hall–Kier alpha value is -3.85. The Morgan fingerprint density at radius 2 is 1.52 bits per heavy atom. The average molecular weight is 681 g/mol. The summed E-state index contributed by atoms with van der Waals surface area (Å²) in [5.74, 6) is -0.899. The van der Waals surface area contributed by atoms with Crippen LogP contribution < -0.4 is 9.62 Å². The molecule has 4 aromatic carbocycles. The van der Waals surface area contributed by atoms with E-state index in [-0.39, 0.29) is 45.5 Å². The molecule has 0 unspecified atom stereocenters. The topological polar surface area (TPSA) is 86.8 Å². The summed E-state index contributed by atoms with van der Waals surface area (Å²) in [4.78, 5) is 30.1. The molecule has 4 rings (SSSR count). The monoisotopic (exact) mass is 679 g/mol. The summed E-state index contributed by atoms with van der Waals surface area (Å²) in [7, 11) is -4.31. The predicted molar refractivity (Wildman–Crippen MR) is 186 cm³/mol. The lowest BCUT2D eigenvalue weighted by atomic mass is 10.0. The van der Waals surface area contributed by atoms with E-state index < -0.39 is 28.5 Å². The number of nitrogens with one attached hydrogen (secondary N) is 1. The molecule has 0 aromatic heterocycles. The van der Waals surface area contributed by atoms with Gasteiger partial charge in [-0.15, -0.1) is 0 Å². The molecular formula is C36H39Cl2N3O4S. The molecule has 0 saturated carbocycles. The van der Waals surface area contributed by atoms with E-state index in [1.54, 1.807) is 18.2 Å². The molecule has 0 fully saturated rings. The van der Waals surface area contributed by atoms with Crippen molar-refractivity contribution in [1.29, 1.82) is 0 Å². The van der Waals surface area contributed by atoms with Crippen molar-refractivity contribution in [3.05, 3.63) is 129 Å². The summed E-state index contributed by atoms with van der Waals surface area (Å²) in [6.45, 7) is 7.12. The first kappa shape index (κ1) is 35.0. The summed E-state index contributed by atoms with van der Waals surface area (Å²) in [5, 5.41) is 3.40. The maximum absolute atomic E-state index is 14.6. The second-order valence-corrected chi connectivity index (χ2v) is 14.1. The summed E-state index contributed by atoms with van der Waals surface area (Å²) in [6, 6.07) is 26.8. The van der Waals surface area contributed by atoms with Gasteiger partial charge < -0.3 is 10.2 Å². The van der Waals surface area contributed by atoms with Gasteiger partial charge in [-0.3, -0.25) is 13.9 Å². The van der Waals surface area contributed by atoms with Crippen molar-refractivity contribution in [3.63, 3.8) is 0 Å². The molecule has 2 atom stereocenters. The average Bonchev–Trinajstić information content (AvgIpc) is 3.04. The number of benzene rings is 4. The van der Waals surface area contributed by atoms with Gasteiger partial charge in [0.15, 0.2) is 0 Å². The lowest BCUT2D eigenvalue weighted by molar-refractivity contribution is -0.140. The summed E-state index contributed by atoms with van der Waals surface area (Å²) in [6.07, 6.45) is 0.925. The highest BCUT2D eigenvalue weighted by Crippen LogP contribution is 2.33. The molecule has 0 heterocycles. The predicted octanol–water partition coefficient (Wildman–Crippen LogP) is 7.36. The normalized spacial score (nSPS) is 12.7. The van der Waals surface area contributed by atoms with Crippen molar-refractivity contribution in [2.24, 2.45) is 0 Å². The van der Waals surface area contributed by atoms with Crippen molar-refractivity contribution in [1.82, 2.24) is 10.2 Å². The number of carbonyl (C=O) groups excluding carboxylic acids is 2. The number of nitrogens with zero attached hydrogens (tertiary/aromatic N) is 2. The van der Waals surface area contributed by atoms with Gasteiger partial charge in [0.2, 0.25) is 11.8 Å². The molecule has 2 amide bonds. The Kier molecular flexibility index (Phi) is 11.9. The Bertz CT molecular complexity index is 1770. The van der Waals surface area contributed by atoms with E-state index in [1.165, 1.54) is 29.2 Å². The standard InChI is InChI=1S/C36H39Cl2N3O4S/c1-5-27(4)39-36(43)34(21-28-12-7-6-8-13-28)40(23-29-14-10-9-11-26(29)3)35(42)24-41(33-22-30(37)17-20-32(33)38)46(44,45)31-18-15-25(2)16-19-31/h6-20,22,27,34H,5,21,23-24H2,1-4H3,(H,39,43)/t27-,34-/m1/s1. The zero-order valence-corrected chi connectivity index (χ0v) is 28.7. The van der Waals surface area contributed by atoms with Gasteiger partial charge in [0.1, 0.15) is 12.6 Å². The van der Waals surface area contributed by atoms with Crippen LogP contribution >= 0.6 is 23.2 Å². The fraction of sp³-hybridized carbons (Fsp3) is 0.278. The van der Waals surface area contributed by atoms with Gasteiger partial charge in [-0.05, 0) is 74.2 Å². The highest BCUT2D eigenvalue weighted by Gasteiger charge is 2.35. The largest absolute Gasteiger partial charge is 0.352 e. The number of halogens is 2. The molecule has 0 aliphatic rings. The molecule has 0 bridgehead atoms. The van der Waals surface area contributed by atoms with Crippen LogP contribution in [-0.2, 0) is 32.6 Å². The first-order valence-electron chi connectivity index (χ1n) is 15.1. The first-order chi connectivity index (χ1) is 21.9. The van der Waals surface area contributed by atoms with Crippen molar-refractivity contribution in [2.45, 2.75) is 64.1 Å². The van der Waals surface area contributed by atoms with Gasteiger partial charge >= 0.3 is 0 Å². The third-order valence-electron chi connectivity index (χ3n) is 7.94. The lowest BCUT2D eigenvalue weighted by Crippen LogP contribution is -2.54. The third kappa shape index (κ3) is 8.69. The first-order valence-corrected chi connectivity index (χ1v) is 17.3. The Balaban J connectivity index is 1.85. The SMILES string of the molecule is CC[C@@H](C)NC(=O)[C@@H](Cc1ccccc1)N(Cc1ccccc1C)C(=O)CN(c1cc(Cl)ccc1Cl)S(=O)(=O)c1ccc(C)cc1. The van der Waals surface area contributed by atoms with Gasteiger partial charge in [0.05, 0.1) is 15.6 Å². The molecule has 7 nitrogen and oxygen atoms in total. The van der Waals surface area contributed by atoms with Gasteiger partial charge in [0, 0.05) is 24.0 Å². The number of hydrogen-bond donors (Lipinski definition) is 1. The van der Waals surface area contributed by atoms with E-state index in [4.69, 9.17) is 23.2 Å². The van der Waals surface area contributed by atoms with Crippen LogP contribution in [-0.4, -0.2) is 43.8 Å². The molecule has 0 aliphatic heterocycles. The highest BCUT2D eigenvalue weighted by molar-refractivity contribution is 7.92. The second-order valence-electron chi connectivity index (χ2n) is 11.4. The van der Waals surface area contributed by atoms with E-state index >= 15 is 0 Å². The van der Waals surface area contributed by atoms with Crippen molar-refractivity contribution < 1.29 is 18.0 Å². The van der Waals surface area contributed by atoms with E-state index in [0.717, 1.165) is 26.6 Å². The molecule has 0 radical (unpaired) electrons. The van der Waals surface area contributed by atoms with Crippen LogP contribution in [0.25, 0.3) is 0 Å². The smallest absolute Gasteiger partial charge is 0.264 e. The van der Waals surface area contributed by atoms with E-state index in [0.29, 0.717) is 6.42 Å². The molecule has 1 N–H and O–H groups in total. The molecule has 46 heavy (non-hydrogen) atoms. The van der Waals surface area contributed by atoms with Crippen molar-refractivity contribution >= 4 is 50.7 Å². The Morgan fingerprint density at radius 1 is 0.870 bits per heavy atom. The van der Waals surface area contributed by atoms with E-state index in [9.17, 15) is 18.0 Å². The number of rotatable bonds is 13. The van der Waals surface area contributed by atoms with Gasteiger partial charge in [-0.25, -0.2) is 8.42 Å². The summed E-state index contributed by atoms with van der Waals surface area (Å²) in [5.41, 5.74) is 3.56. The summed E-state index contributed by atoms with van der Waals surface area (Å²) < 4.78 is 29.4. The number of anilines is 1. The third-order valence-corrected chi connectivity index (χ3v) is 10.3. The number of sulfonamides is 1. The van der Waals surface area contributed by atoms with Gasteiger partial charge in [-0.2, -0.15) is 0 Å². The minimum absolute atomic E-state index is 0.0113. The number of amides is 2. The van der Waals surface area contributed by atoms with Gasteiger partial charge in [0.25, 0.3) is 10.0 Å². The molecule has 10 heteroatoms. The number of hydrogen-bond acceptors (Lipinski definition) is 4. The summed E-state index contributed by atoms with van der Waals surface area (Å²) >= 11 is 12.9. The van der Waals surface area contributed by atoms with Crippen LogP contribution in [0.2, 0.25) is 10.0 Å². The van der Waals surface area contributed by atoms with Gasteiger partial charge in [-0.1, -0.05) is 102 Å². The maximum Gasteiger partial charge on any atom is 0.264 e. The lowest BCUT2D eigenvalue weighted by Gasteiger charge is -2.34. The van der Waals surface area contributed by atoms with Crippen LogP contribution in [0.5, 0.6) is 0 Å². The van der Waals surface area contributed by atoms with Crippen LogP contribution in [0.15, 0.2) is 102 Å². The highest BCUT2D eigenvalue weighted by atomic mass is 35.5. The minimum atomic E-state index is -4.31. The maximum atomic E-state index is 14.6. The van der Waals surface area contributed by atoms with E-state index in [1.807, 2.05) is 82.3 Å². The minimum Gasteiger partial charge on any atom is -0.352 e. The molecule has 242 valence electrons. The van der Waals surface area contributed by atoms with Crippen LogP contribution in [0.3, 0.4) is 0 Å². The van der Waals surface area contributed by atoms with Crippen LogP contribution in [0.1, 0.15) is 42.5 Å². The Labute approximate surface area is 282 Å². The number of aryl methyl sites for hydroxylation is 2. The van der Waals surface area contributed by atoms with E-state index in [2.05, 4.69) is 5.32 Å². The fourth-order valence-corrected chi connectivity index (χ4v) is 6.85. The fourth-order valence-electron chi connectivity index (χ4n) is 4.99. The molecule has 0 spiro atoms. The molecule has 0 saturated heterocycles. The Morgan fingerprint density at radius 3 is 2.17 bits per heavy atom. The zero-order chi connectivity index (χ0) is 33.4.